The predicted octanol–water partition coefficient (Wildman–Crippen LogP) is 0.712. The van der Waals surface area contributed by atoms with E-state index in [2.05, 4.69) is 20.8 Å². The van der Waals surface area contributed by atoms with Crippen molar-refractivity contribution in [3.05, 3.63) is 0 Å². The highest BCUT2D eigenvalue weighted by molar-refractivity contribution is 8.00. The SMILES string of the molecule is CC(C)(C)SCCN1CC(=O)N2CC[C@@H](O)C[C@H]2C1=O. The van der Waals surface area contributed by atoms with Crippen LogP contribution in [0.15, 0.2) is 0 Å². The minimum Gasteiger partial charge on any atom is -0.393 e. The number of nitrogens with zero attached hydrogens (tertiary/aromatic N) is 2. The van der Waals surface area contributed by atoms with E-state index in [1.807, 2.05) is 0 Å². The maximum absolute atomic E-state index is 12.4. The summed E-state index contributed by atoms with van der Waals surface area (Å²) < 4.78 is 0.163. The van der Waals surface area contributed by atoms with Crippen molar-refractivity contribution in [2.45, 2.75) is 50.5 Å². The van der Waals surface area contributed by atoms with Crippen LogP contribution in [-0.2, 0) is 9.59 Å². The van der Waals surface area contributed by atoms with Crippen molar-refractivity contribution in [2.75, 3.05) is 25.4 Å². The molecule has 2 amide bonds. The zero-order valence-electron chi connectivity index (χ0n) is 12.5. The molecule has 114 valence electrons. The molecule has 2 rings (SSSR count). The number of hydrogen-bond donors (Lipinski definition) is 1. The number of thioether (sulfide) groups is 1. The fraction of sp³-hybridized carbons (Fsp3) is 0.857. The lowest BCUT2D eigenvalue weighted by Crippen LogP contribution is -2.63. The molecule has 2 aliphatic heterocycles. The topological polar surface area (TPSA) is 60.9 Å². The number of carbonyl (C=O) groups excluding carboxylic acids is 2. The van der Waals surface area contributed by atoms with Gasteiger partial charge in [0.05, 0.1) is 12.6 Å². The average Bonchev–Trinajstić information content (AvgIpc) is 2.33. The molecule has 0 aromatic rings. The second kappa shape index (κ2) is 5.93. The van der Waals surface area contributed by atoms with Crippen molar-refractivity contribution in [1.29, 1.82) is 0 Å². The Morgan fingerprint density at radius 3 is 2.70 bits per heavy atom. The quantitative estimate of drug-likeness (QED) is 0.834. The van der Waals surface area contributed by atoms with Crippen molar-refractivity contribution in [3.8, 4) is 0 Å². The van der Waals surface area contributed by atoms with E-state index in [9.17, 15) is 14.7 Å². The zero-order chi connectivity index (χ0) is 14.9. The molecule has 2 saturated heterocycles. The maximum Gasteiger partial charge on any atom is 0.245 e. The zero-order valence-corrected chi connectivity index (χ0v) is 13.3. The van der Waals surface area contributed by atoms with Crippen LogP contribution < -0.4 is 0 Å². The smallest absolute Gasteiger partial charge is 0.245 e. The molecule has 0 unspecified atom stereocenters. The molecule has 0 bridgehead atoms. The summed E-state index contributed by atoms with van der Waals surface area (Å²) in [5, 5.41) is 9.71. The summed E-state index contributed by atoms with van der Waals surface area (Å²) in [6, 6.07) is -0.445. The normalized spacial score (nSPS) is 27.8. The van der Waals surface area contributed by atoms with Gasteiger partial charge in [0, 0.05) is 30.0 Å². The van der Waals surface area contributed by atoms with Crippen LogP contribution in [-0.4, -0.2) is 69.0 Å². The molecule has 0 aliphatic carbocycles. The van der Waals surface area contributed by atoms with Crippen molar-refractivity contribution in [3.63, 3.8) is 0 Å². The van der Waals surface area contributed by atoms with Gasteiger partial charge in [-0.3, -0.25) is 9.59 Å². The number of hydrogen-bond acceptors (Lipinski definition) is 4. The van der Waals surface area contributed by atoms with Gasteiger partial charge in [0.1, 0.15) is 6.04 Å². The van der Waals surface area contributed by atoms with E-state index in [0.717, 1.165) is 5.75 Å². The highest BCUT2D eigenvalue weighted by Gasteiger charge is 2.42. The lowest BCUT2D eigenvalue weighted by atomic mass is 9.96. The van der Waals surface area contributed by atoms with E-state index >= 15 is 0 Å². The van der Waals surface area contributed by atoms with Gasteiger partial charge >= 0.3 is 0 Å². The van der Waals surface area contributed by atoms with Crippen LogP contribution in [0.2, 0.25) is 0 Å². The van der Waals surface area contributed by atoms with Gasteiger partial charge in [0.25, 0.3) is 0 Å². The Morgan fingerprint density at radius 1 is 1.35 bits per heavy atom. The third-order valence-electron chi connectivity index (χ3n) is 3.71. The minimum atomic E-state index is -0.461. The number of piperazine rings is 1. The third kappa shape index (κ3) is 3.67. The molecule has 0 spiro atoms. The number of amides is 2. The molecular formula is C14H24N2O3S. The lowest BCUT2D eigenvalue weighted by Gasteiger charge is -2.44. The van der Waals surface area contributed by atoms with E-state index in [0.29, 0.717) is 25.9 Å². The highest BCUT2D eigenvalue weighted by atomic mass is 32.2. The van der Waals surface area contributed by atoms with Crippen LogP contribution in [0.4, 0.5) is 0 Å². The predicted molar refractivity (Wildman–Crippen MR) is 79.5 cm³/mol. The number of rotatable bonds is 3. The van der Waals surface area contributed by atoms with Crippen LogP contribution in [0.5, 0.6) is 0 Å². The first-order valence-electron chi connectivity index (χ1n) is 7.18. The van der Waals surface area contributed by atoms with E-state index in [1.165, 1.54) is 0 Å². The molecule has 20 heavy (non-hydrogen) atoms. The summed E-state index contributed by atoms with van der Waals surface area (Å²) in [5.74, 6) is 0.845. The molecule has 2 aliphatic rings. The fourth-order valence-electron chi connectivity index (χ4n) is 2.67. The first-order chi connectivity index (χ1) is 9.28. The van der Waals surface area contributed by atoms with Gasteiger partial charge in [-0.15, -0.1) is 0 Å². The fourth-order valence-corrected chi connectivity index (χ4v) is 3.60. The van der Waals surface area contributed by atoms with Crippen LogP contribution in [0.1, 0.15) is 33.6 Å². The number of carbonyl (C=O) groups is 2. The first kappa shape index (κ1) is 15.6. The molecular weight excluding hydrogens is 276 g/mol. The second-order valence-electron chi connectivity index (χ2n) is 6.50. The summed E-state index contributed by atoms with van der Waals surface area (Å²) in [6.45, 7) is 7.71. The van der Waals surface area contributed by atoms with Gasteiger partial charge in [-0.1, -0.05) is 20.8 Å². The molecule has 5 nitrogen and oxygen atoms in total. The van der Waals surface area contributed by atoms with Crippen LogP contribution in [0.3, 0.4) is 0 Å². The number of aliphatic hydroxyl groups is 1. The largest absolute Gasteiger partial charge is 0.393 e. The average molecular weight is 300 g/mol. The van der Waals surface area contributed by atoms with Crippen molar-refractivity contribution in [2.24, 2.45) is 0 Å². The van der Waals surface area contributed by atoms with Crippen molar-refractivity contribution < 1.29 is 14.7 Å². The summed E-state index contributed by atoms with van der Waals surface area (Å²) in [6.07, 6.45) is 0.500. The molecule has 2 heterocycles. The summed E-state index contributed by atoms with van der Waals surface area (Å²) in [7, 11) is 0. The van der Waals surface area contributed by atoms with Crippen LogP contribution in [0, 0.1) is 0 Å². The summed E-state index contributed by atoms with van der Waals surface area (Å²) in [4.78, 5) is 27.8. The number of fused-ring (bicyclic) bond motifs is 1. The monoisotopic (exact) mass is 300 g/mol. The Bertz CT molecular complexity index is 394. The van der Waals surface area contributed by atoms with Gasteiger partial charge in [-0.25, -0.2) is 0 Å². The van der Waals surface area contributed by atoms with E-state index in [4.69, 9.17) is 0 Å². The van der Waals surface area contributed by atoms with Gasteiger partial charge in [-0.05, 0) is 6.42 Å². The Morgan fingerprint density at radius 2 is 2.05 bits per heavy atom. The first-order valence-corrected chi connectivity index (χ1v) is 8.17. The minimum absolute atomic E-state index is 0.00198. The summed E-state index contributed by atoms with van der Waals surface area (Å²) in [5.41, 5.74) is 0. The molecule has 2 fully saturated rings. The number of piperidine rings is 1. The molecule has 0 aromatic carbocycles. The third-order valence-corrected chi connectivity index (χ3v) is 4.97. The van der Waals surface area contributed by atoms with Gasteiger partial charge in [0.2, 0.25) is 11.8 Å². The lowest BCUT2D eigenvalue weighted by molar-refractivity contribution is -0.159. The Labute approximate surface area is 124 Å². The Balaban J connectivity index is 1.95. The van der Waals surface area contributed by atoms with Crippen LogP contribution >= 0.6 is 11.8 Å². The molecule has 0 aromatic heterocycles. The van der Waals surface area contributed by atoms with Crippen molar-refractivity contribution >= 4 is 23.6 Å². The van der Waals surface area contributed by atoms with Gasteiger partial charge in [0.15, 0.2) is 0 Å². The maximum atomic E-state index is 12.4. The Hall–Kier alpha value is -0.750. The second-order valence-corrected chi connectivity index (χ2v) is 8.42. The van der Waals surface area contributed by atoms with E-state index < -0.39 is 12.1 Å². The van der Waals surface area contributed by atoms with E-state index in [1.54, 1.807) is 21.6 Å². The molecule has 1 N–H and O–H groups in total. The summed E-state index contributed by atoms with van der Waals surface area (Å²) >= 11 is 1.79. The van der Waals surface area contributed by atoms with E-state index in [-0.39, 0.29) is 23.1 Å². The van der Waals surface area contributed by atoms with Crippen LogP contribution in [0.25, 0.3) is 0 Å². The highest BCUT2D eigenvalue weighted by Crippen LogP contribution is 2.26. The van der Waals surface area contributed by atoms with Gasteiger partial charge in [-0.2, -0.15) is 11.8 Å². The standard InChI is InChI=1S/C14H24N2O3S/c1-14(2,3)20-7-6-15-9-12(18)16-5-4-10(17)8-11(16)13(15)19/h10-11,17H,4-9H2,1-3H3/t10-,11+/m1/s1. The molecule has 0 radical (unpaired) electrons. The molecule has 2 atom stereocenters. The Kier molecular flexibility index (Phi) is 4.64. The van der Waals surface area contributed by atoms with Gasteiger partial charge < -0.3 is 14.9 Å². The molecule has 0 saturated carbocycles. The van der Waals surface area contributed by atoms with Crippen molar-refractivity contribution in [1.82, 2.24) is 9.80 Å². The number of aliphatic hydroxyl groups excluding tert-OH is 1. The molecule has 6 heteroatoms.